The molecule has 2 aliphatic carbocycles. The van der Waals surface area contributed by atoms with Crippen molar-refractivity contribution in [2.24, 2.45) is 29.6 Å². The maximum atomic E-state index is 3.77. The Morgan fingerprint density at radius 1 is 1.00 bits per heavy atom. The van der Waals surface area contributed by atoms with E-state index in [2.05, 4.69) is 26.1 Å². The highest BCUT2D eigenvalue weighted by atomic mass is 14.9. The van der Waals surface area contributed by atoms with Crippen LogP contribution in [0.15, 0.2) is 0 Å². The minimum atomic E-state index is 0.787. The normalized spacial score (nSPS) is 31.7. The van der Waals surface area contributed by atoms with Gasteiger partial charge in [0.2, 0.25) is 0 Å². The molecule has 2 rings (SSSR count). The van der Waals surface area contributed by atoms with Crippen molar-refractivity contribution >= 4 is 0 Å². The molecule has 0 heterocycles. The third-order valence-corrected chi connectivity index (χ3v) is 6.07. The molecule has 0 spiro atoms. The maximum absolute atomic E-state index is 3.77. The molecular formula is C20H39N. The van der Waals surface area contributed by atoms with Crippen molar-refractivity contribution in [2.75, 3.05) is 13.1 Å². The third kappa shape index (κ3) is 5.58. The fourth-order valence-corrected chi connectivity index (χ4v) is 4.98. The summed E-state index contributed by atoms with van der Waals surface area (Å²) in [6.45, 7) is 9.50. The van der Waals surface area contributed by atoms with Crippen LogP contribution < -0.4 is 5.32 Å². The van der Waals surface area contributed by atoms with Gasteiger partial charge in [0, 0.05) is 0 Å². The zero-order chi connectivity index (χ0) is 15.1. The van der Waals surface area contributed by atoms with Gasteiger partial charge in [0.05, 0.1) is 0 Å². The second-order valence-electron chi connectivity index (χ2n) is 8.34. The quantitative estimate of drug-likeness (QED) is 0.640. The molecule has 0 amide bonds. The van der Waals surface area contributed by atoms with E-state index in [9.17, 15) is 0 Å². The van der Waals surface area contributed by atoms with Gasteiger partial charge in [-0.15, -0.1) is 0 Å². The van der Waals surface area contributed by atoms with Crippen LogP contribution in [0.25, 0.3) is 0 Å². The van der Waals surface area contributed by atoms with Crippen LogP contribution in [-0.4, -0.2) is 13.1 Å². The molecule has 0 aromatic rings. The maximum Gasteiger partial charge on any atom is -0.00176 e. The summed E-state index contributed by atoms with van der Waals surface area (Å²) < 4.78 is 0. The van der Waals surface area contributed by atoms with E-state index in [4.69, 9.17) is 0 Å². The van der Waals surface area contributed by atoms with Crippen LogP contribution in [0.1, 0.15) is 85.0 Å². The van der Waals surface area contributed by atoms with Crippen molar-refractivity contribution in [3.63, 3.8) is 0 Å². The van der Waals surface area contributed by atoms with E-state index in [1.165, 1.54) is 70.9 Å². The summed E-state index contributed by atoms with van der Waals surface area (Å²) in [5.74, 6) is 4.90. The second kappa shape index (κ2) is 9.18. The molecule has 1 N–H and O–H groups in total. The molecule has 0 aromatic heterocycles. The first-order valence-corrected chi connectivity index (χ1v) is 9.91. The van der Waals surface area contributed by atoms with Gasteiger partial charge in [0.15, 0.2) is 0 Å². The van der Waals surface area contributed by atoms with Crippen LogP contribution in [0.3, 0.4) is 0 Å². The lowest BCUT2D eigenvalue weighted by molar-refractivity contribution is 0.0913. The van der Waals surface area contributed by atoms with Crippen LogP contribution in [0.4, 0.5) is 0 Å². The SMILES string of the molecule is CCCC1CCC(CNCC(C)C)C(C2CCCCC2)C1. The van der Waals surface area contributed by atoms with Crippen LogP contribution in [0.2, 0.25) is 0 Å². The van der Waals surface area contributed by atoms with Gasteiger partial charge in [-0.2, -0.15) is 0 Å². The topological polar surface area (TPSA) is 12.0 Å². The molecule has 3 atom stereocenters. The highest BCUT2D eigenvalue weighted by molar-refractivity contribution is 4.87. The van der Waals surface area contributed by atoms with Gasteiger partial charge in [-0.3, -0.25) is 0 Å². The fraction of sp³-hybridized carbons (Fsp3) is 1.00. The number of hydrogen-bond acceptors (Lipinski definition) is 1. The van der Waals surface area contributed by atoms with Crippen LogP contribution >= 0.6 is 0 Å². The van der Waals surface area contributed by atoms with Crippen molar-refractivity contribution in [1.29, 1.82) is 0 Å². The Labute approximate surface area is 133 Å². The van der Waals surface area contributed by atoms with Crippen LogP contribution in [0, 0.1) is 29.6 Å². The summed E-state index contributed by atoms with van der Waals surface area (Å²) in [5, 5.41) is 3.77. The van der Waals surface area contributed by atoms with E-state index >= 15 is 0 Å². The van der Waals surface area contributed by atoms with Crippen molar-refractivity contribution in [2.45, 2.75) is 85.0 Å². The average molecular weight is 294 g/mol. The smallest absolute Gasteiger partial charge is 0.00176 e. The predicted octanol–water partition coefficient (Wildman–Crippen LogP) is 5.64. The molecule has 1 heteroatoms. The highest BCUT2D eigenvalue weighted by Gasteiger charge is 2.35. The van der Waals surface area contributed by atoms with E-state index in [1.54, 1.807) is 6.42 Å². The Balaban J connectivity index is 1.89. The molecule has 0 aliphatic heterocycles. The van der Waals surface area contributed by atoms with Crippen LogP contribution in [-0.2, 0) is 0 Å². The standard InChI is InChI=1S/C20H39N/c1-4-8-17-11-12-19(15-21-14-16(2)3)20(13-17)18-9-6-5-7-10-18/h16-21H,4-15H2,1-3H3. The Bertz CT molecular complexity index is 267. The summed E-state index contributed by atoms with van der Waals surface area (Å²) in [6.07, 6.45) is 15.0. The first-order chi connectivity index (χ1) is 10.2. The first kappa shape index (κ1) is 17.3. The summed E-state index contributed by atoms with van der Waals surface area (Å²) in [7, 11) is 0. The third-order valence-electron chi connectivity index (χ3n) is 6.07. The van der Waals surface area contributed by atoms with Crippen molar-refractivity contribution < 1.29 is 0 Å². The lowest BCUT2D eigenvalue weighted by Crippen LogP contribution is -2.38. The van der Waals surface area contributed by atoms with Crippen molar-refractivity contribution in [1.82, 2.24) is 5.32 Å². The molecule has 124 valence electrons. The molecule has 0 aromatic carbocycles. The minimum absolute atomic E-state index is 0.787. The number of nitrogens with one attached hydrogen (secondary N) is 1. The van der Waals surface area contributed by atoms with Gasteiger partial charge in [-0.25, -0.2) is 0 Å². The molecule has 21 heavy (non-hydrogen) atoms. The second-order valence-corrected chi connectivity index (χ2v) is 8.34. The summed E-state index contributed by atoms with van der Waals surface area (Å²) in [4.78, 5) is 0. The summed E-state index contributed by atoms with van der Waals surface area (Å²) >= 11 is 0. The summed E-state index contributed by atoms with van der Waals surface area (Å²) in [5.41, 5.74) is 0. The van der Waals surface area contributed by atoms with Gasteiger partial charge in [0.25, 0.3) is 0 Å². The molecule has 2 saturated carbocycles. The molecular weight excluding hydrogens is 254 g/mol. The lowest BCUT2D eigenvalue weighted by atomic mass is 9.64. The zero-order valence-corrected chi connectivity index (χ0v) is 14.9. The van der Waals surface area contributed by atoms with Crippen LogP contribution in [0.5, 0.6) is 0 Å². The molecule has 1 nitrogen and oxygen atoms in total. The van der Waals surface area contributed by atoms with Crippen molar-refractivity contribution in [3.05, 3.63) is 0 Å². The monoisotopic (exact) mass is 293 g/mol. The molecule has 0 radical (unpaired) electrons. The Kier molecular flexibility index (Phi) is 7.57. The Morgan fingerprint density at radius 3 is 2.43 bits per heavy atom. The van der Waals surface area contributed by atoms with Gasteiger partial charge >= 0.3 is 0 Å². The number of rotatable bonds is 7. The first-order valence-electron chi connectivity index (χ1n) is 9.91. The molecule has 2 fully saturated rings. The van der Waals surface area contributed by atoms with Gasteiger partial charge < -0.3 is 5.32 Å². The molecule has 3 unspecified atom stereocenters. The Morgan fingerprint density at radius 2 is 1.76 bits per heavy atom. The minimum Gasteiger partial charge on any atom is -0.316 e. The largest absolute Gasteiger partial charge is 0.316 e. The van der Waals surface area contributed by atoms with Crippen molar-refractivity contribution in [3.8, 4) is 0 Å². The predicted molar refractivity (Wildman–Crippen MR) is 93.5 cm³/mol. The highest BCUT2D eigenvalue weighted by Crippen LogP contribution is 2.44. The molecule has 2 aliphatic rings. The van der Waals surface area contributed by atoms with E-state index in [0.29, 0.717) is 0 Å². The Hall–Kier alpha value is -0.0400. The van der Waals surface area contributed by atoms with E-state index in [0.717, 1.165) is 29.6 Å². The molecule has 0 saturated heterocycles. The van der Waals surface area contributed by atoms with Gasteiger partial charge in [-0.05, 0) is 55.5 Å². The summed E-state index contributed by atoms with van der Waals surface area (Å²) in [6, 6.07) is 0. The lowest BCUT2D eigenvalue weighted by Gasteiger charge is -2.42. The van der Waals surface area contributed by atoms with E-state index in [-0.39, 0.29) is 0 Å². The van der Waals surface area contributed by atoms with E-state index < -0.39 is 0 Å². The van der Waals surface area contributed by atoms with E-state index in [1.807, 2.05) is 0 Å². The molecule has 0 bridgehead atoms. The van der Waals surface area contributed by atoms with Gasteiger partial charge in [0.1, 0.15) is 0 Å². The van der Waals surface area contributed by atoms with Gasteiger partial charge in [-0.1, -0.05) is 72.1 Å². The number of hydrogen-bond donors (Lipinski definition) is 1. The fourth-order valence-electron chi connectivity index (χ4n) is 4.98. The zero-order valence-electron chi connectivity index (χ0n) is 14.9. The average Bonchev–Trinajstić information content (AvgIpc) is 2.49.